The van der Waals surface area contributed by atoms with Crippen LogP contribution in [0.3, 0.4) is 0 Å². The van der Waals surface area contributed by atoms with Crippen molar-refractivity contribution in [1.82, 2.24) is 9.97 Å². The molecule has 54 heavy (non-hydrogen) atoms. The maximum absolute atomic E-state index is 12.9. The lowest BCUT2D eigenvalue weighted by molar-refractivity contribution is 0.514. The van der Waals surface area contributed by atoms with Gasteiger partial charge in [0, 0.05) is 24.8 Å². The Hall–Kier alpha value is -1.64. The van der Waals surface area contributed by atoms with Gasteiger partial charge in [0.15, 0.2) is 34.9 Å². The van der Waals surface area contributed by atoms with Crippen LogP contribution in [0.2, 0.25) is 0 Å². The molecule has 2 nitrogen and oxygen atoms in total. The summed E-state index contributed by atoms with van der Waals surface area (Å²) in [7, 11) is 0. The van der Waals surface area contributed by atoms with Crippen molar-refractivity contribution in [3.63, 3.8) is 0 Å². The maximum atomic E-state index is 12.9. The van der Waals surface area contributed by atoms with E-state index in [9.17, 15) is 26.3 Å². The first-order valence-corrected chi connectivity index (χ1v) is 21.7. The van der Waals surface area contributed by atoms with Crippen molar-refractivity contribution in [2.24, 2.45) is 0 Å². The molecule has 0 fully saturated rings. The highest BCUT2D eigenvalue weighted by Gasteiger charge is 2.21. The van der Waals surface area contributed by atoms with E-state index in [1.165, 1.54) is 168 Å². The van der Waals surface area contributed by atoms with Crippen LogP contribution in [0.15, 0.2) is 97.6 Å². The fourth-order valence-corrected chi connectivity index (χ4v) is 11.4. The molecular weight excluding hydrogens is 1380 g/mol. The Morgan fingerprint density at radius 1 is 0.333 bits per heavy atom. The number of halogens is 12. The molecule has 5 aromatic carbocycles. The minimum atomic E-state index is -0.827. The lowest BCUT2D eigenvalue weighted by Crippen LogP contribution is -2.01. The van der Waals surface area contributed by atoms with Crippen molar-refractivity contribution < 1.29 is 26.3 Å². The van der Waals surface area contributed by atoms with Crippen LogP contribution in [-0.4, -0.2) is 9.97 Å². The Morgan fingerprint density at radius 3 is 0.778 bits per heavy atom. The summed E-state index contributed by atoms with van der Waals surface area (Å²) >= 11 is 9.06. The molecule has 14 heteroatoms. The zero-order valence-electron chi connectivity index (χ0n) is 27.0. The largest absolute Gasteiger partial charge is 0.265 e. The predicted molar refractivity (Wildman–Crippen MR) is 257 cm³/mol. The third-order valence-corrected chi connectivity index (χ3v) is 13.3. The molecule has 274 valence electrons. The highest BCUT2D eigenvalue weighted by Crippen LogP contribution is 2.35. The van der Waals surface area contributed by atoms with Gasteiger partial charge in [-0.15, -0.1) is 0 Å². The average molecular weight is 1400 g/mol. The molecule has 0 bridgehead atoms. The van der Waals surface area contributed by atoms with Crippen LogP contribution in [0.5, 0.6) is 0 Å². The van der Waals surface area contributed by atoms with E-state index in [4.69, 9.17) is 0 Å². The van der Waals surface area contributed by atoms with Crippen LogP contribution in [0.1, 0.15) is 22.3 Å². The summed E-state index contributed by atoms with van der Waals surface area (Å²) in [5.74, 6) is -4.96. The Morgan fingerprint density at radius 2 is 0.556 bits per heavy atom. The van der Waals surface area contributed by atoms with Gasteiger partial charge in [-0.25, -0.2) is 26.3 Å². The monoisotopic (exact) mass is 1400 g/mol. The van der Waals surface area contributed by atoms with Crippen molar-refractivity contribution in [3.8, 4) is 0 Å². The van der Waals surface area contributed by atoms with Crippen molar-refractivity contribution in [3.05, 3.63) is 176 Å². The van der Waals surface area contributed by atoms with E-state index < -0.39 is 34.9 Å². The lowest BCUT2D eigenvalue weighted by Gasteiger charge is -2.13. The number of fused-ring (bicyclic) bond motifs is 2. The first-order valence-electron chi connectivity index (χ1n) is 15.3. The van der Waals surface area contributed by atoms with Crippen LogP contribution in [0.4, 0.5) is 26.3 Å². The molecule has 0 N–H and O–H groups in total. The first kappa shape index (κ1) is 43.5. The summed E-state index contributed by atoms with van der Waals surface area (Å²) in [6.45, 7) is 0. The highest BCUT2D eigenvalue weighted by atomic mass is 127. The number of hydrogen-bond donors (Lipinski definition) is 0. The van der Waals surface area contributed by atoms with Crippen molar-refractivity contribution in [1.29, 1.82) is 0 Å². The first-order chi connectivity index (χ1) is 25.8. The summed E-state index contributed by atoms with van der Waals surface area (Å²) in [6, 6.07) is 25.3. The molecule has 0 atom stereocenters. The van der Waals surface area contributed by atoms with E-state index in [-0.39, 0.29) is 21.4 Å². The molecule has 0 amide bonds. The van der Waals surface area contributed by atoms with Gasteiger partial charge in [0.25, 0.3) is 0 Å². The van der Waals surface area contributed by atoms with Crippen LogP contribution in [0, 0.1) is 56.3 Å². The van der Waals surface area contributed by atoms with Crippen LogP contribution in [0.25, 0.3) is 45.8 Å². The Balaban J connectivity index is 0.000000192. The van der Waals surface area contributed by atoms with Gasteiger partial charge in [-0.2, -0.15) is 0 Å². The fraction of sp³-hybridized carbons (Fsp3) is 0. The third kappa shape index (κ3) is 10.1. The molecule has 0 saturated heterocycles. The molecule has 0 aliphatic heterocycles. The van der Waals surface area contributed by atoms with Crippen molar-refractivity contribution in [2.75, 3.05) is 0 Å². The molecule has 0 aliphatic carbocycles. The average Bonchev–Trinajstić information content (AvgIpc) is 3.21. The van der Waals surface area contributed by atoms with E-state index in [0.717, 1.165) is 11.1 Å². The molecule has 0 unspecified atom stereocenters. The minimum absolute atomic E-state index is 0.164. The second-order valence-corrected chi connectivity index (χ2v) is 17.4. The Kier molecular flexibility index (Phi) is 16.2. The van der Waals surface area contributed by atoms with E-state index in [0.29, 0.717) is 0 Å². The van der Waals surface area contributed by atoms with Gasteiger partial charge < -0.3 is 0 Å². The van der Waals surface area contributed by atoms with E-state index in [1.807, 2.05) is 49.1 Å². The second kappa shape index (κ2) is 20.2. The summed E-state index contributed by atoms with van der Waals surface area (Å²) in [6.07, 6.45) is 16.0. The van der Waals surface area contributed by atoms with Crippen LogP contribution >= 0.6 is 136 Å². The molecule has 0 radical (unpaired) electrons. The number of benzene rings is 5. The Labute approximate surface area is 388 Å². The van der Waals surface area contributed by atoms with E-state index in [1.54, 1.807) is 0 Å². The van der Waals surface area contributed by atoms with Crippen molar-refractivity contribution >= 4 is 181 Å². The molecule has 7 rings (SSSR count). The summed E-state index contributed by atoms with van der Waals surface area (Å²) < 4.78 is 76.6. The topological polar surface area (TPSA) is 25.8 Å². The minimum Gasteiger partial charge on any atom is -0.265 e. The third-order valence-electron chi connectivity index (χ3n) is 7.62. The fourth-order valence-electron chi connectivity index (χ4n) is 5.02. The van der Waals surface area contributed by atoms with Gasteiger partial charge in [0.1, 0.15) is 0 Å². The second-order valence-electron chi connectivity index (χ2n) is 10.9. The molecule has 0 saturated carbocycles. The quantitative estimate of drug-likeness (QED) is 0.0577. The molecule has 0 spiro atoms. The molecular formula is C40H20F6I6N2. The standard InChI is InChI=1S/C28H20N2.2C6F3I3/c1-2-6-24-23(5-1)27(11-9-21-13-17-29-18-14-21)25-7-3-4-8-26(25)28(24)12-10-22-15-19-30-20-16-22;2*7-1-4(10)2(8)6(12)3(9)5(1)11/h1-20H;;/b11-9+,12-10+;;. The molecule has 2 heterocycles. The van der Waals surface area contributed by atoms with Gasteiger partial charge >= 0.3 is 0 Å². The van der Waals surface area contributed by atoms with Gasteiger partial charge in [-0.1, -0.05) is 72.8 Å². The summed E-state index contributed by atoms with van der Waals surface area (Å²) in [4.78, 5) is 8.22. The molecule has 7 aromatic rings. The van der Waals surface area contributed by atoms with E-state index in [2.05, 4.69) is 82.8 Å². The van der Waals surface area contributed by atoms with Crippen LogP contribution < -0.4 is 0 Å². The van der Waals surface area contributed by atoms with Crippen LogP contribution in [-0.2, 0) is 0 Å². The number of rotatable bonds is 4. The van der Waals surface area contributed by atoms with Gasteiger partial charge in [-0.05, 0) is 204 Å². The van der Waals surface area contributed by atoms with Crippen molar-refractivity contribution in [2.45, 2.75) is 0 Å². The lowest BCUT2D eigenvalue weighted by atomic mass is 9.91. The number of aromatic nitrogens is 2. The van der Waals surface area contributed by atoms with Gasteiger partial charge in [0.05, 0.1) is 21.4 Å². The number of hydrogen-bond acceptors (Lipinski definition) is 2. The van der Waals surface area contributed by atoms with Gasteiger partial charge in [-0.3, -0.25) is 9.97 Å². The number of pyridine rings is 2. The highest BCUT2D eigenvalue weighted by molar-refractivity contribution is 14.1. The zero-order valence-corrected chi connectivity index (χ0v) is 39.9. The zero-order chi connectivity index (χ0) is 39.1. The molecule has 0 aliphatic rings. The maximum Gasteiger partial charge on any atom is 0.155 e. The summed E-state index contributed by atoms with van der Waals surface area (Å²) in [5, 5.41) is 4.98. The SMILES string of the molecule is C(=C\c1c2ccccc2c(/C=C/c2ccncc2)c2ccccc12)/c1ccncc1.Fc1c(I)c(F)c(I)c(F)c1I.Fc1c(I)c(F)c(I)c(F)c1I. The number of nitrogens with zero attached hydrogens (tertiary/aromatic N) is 2. The predicted octanol–water partition coefficient (Wildman–Crippen LogP) is 15.0. The molecule has 2 aromatic heterocycles. The van der Waals surface area contributed by atoms with Gasteiger partial charge in [0.2, 0.25) is 0 Å². The smallest absolute Gasteiger partial charge is 0.155 e. The Bertz CT molecular complexity index is 2090. The normalized spacial score (nSPS) is 11.2. The van der Waals surface area contributed by atoms with E-state index >= 15 is 0 Å². The summed E-state index contributed by atoms with van der Waals surface area (Å²) in [5.41, 5.74) is 4.75.